The highest BCUT2D eigenvalue weighted by Gasteiger charge is 2.18. The molecule has 0 fully saturated rings. The standard InChI is InChI=1S/C18H20N2O2/c19-17(12-15-9-5-2-6-10-15)18(22)20-16(13-21)11-14-7-3-1-4-8-14/h1-10,13,16-17H,11-12,19H2,(H,20,22)/t16-,17?/m1/s1. The van der Waals surface area contributed by atoms with Gasteiger partial charge in [-0.25, -0.2) is 0 Å². The van der Waals surface area contributed by atoms with Crippen LogP contribution in [0.25, 0.3) is 0 Å². The summed E-state index contributed by atoms with van der Waals surface area (Å²) in [6.45, 7) is 0. The molecule has 0 radical (unpaired) electrons. The Morgan fingerprint density at radius 2 is 1.45 bits per heavy atom. The lowest BCUT2D eigenvalue weighted by atomic mass is 10.0. The van der Waals surface area contributed by atoms with Crippen LogP contribution in [0.1, 0.15) is 11.1 Å². The second-order valence-electron chi connectivity index (χ2n) is 5.24. The van der Waals surface area contributed by atoms with Gasteiger partial charge in [-0.3, -0.25) is 4.79 Å². The average molecular weight is 296 g/mol. The van der Waals surface area contributed by atoms with Gasteiger partial charge in [0.1, 0.15) is 6.29 Å². The Balaban J connectivity index is 1.90. The molecule has 0 aliphatic carbocycles. The molecule has 0 heterocycles. The third-order valence-corrected chi connectivity index (χ3v) is 3.43. The number of amides is 1. The van der Waals surface area contributed by atoms with E-state index in [4.69, 9.17) is 5.73 Å². The molecule has 3 N–H and O–H groups in total. The molecule has 2 aromatic rings. The van der Waals surface area contributed by atoms with Crippen LogP contribution in [-0.2, 0) is 22.4 Å². The summed E-state index contributed by atoms with van der Waals surface area (Å²) in [6.07, 6.45) is 1.66. The first-order chi connectivity index (χ1) is 10.7. The minimum Gasteiger partial charge on any atom is -0.345 e. The normalized spacial score (nSPS) is 13.1. The van der Waals surface area contributed by atoms with Crippen LogP contribution >= 0.6 is 0 Å². The summed E-state index contributed by atoms with van der Waals surface area (Å²) in [5.41, 5.74) is 7.91. The van der Waals surface area contributed by atoms with Crippen LogP contribution in [0.4, 0.5) is 0 Å². The fourth-order valence-corrected chi connectivity index (χ4v) is 2.25. The molecular weight excluding hydrogens is 276 g/mol. The number of nitrogens with one attached hydrogen (secondary N) is 1. The Morgan fingerprint density at radius 1 is 0.955 bits per heavy atom. The van der Waals surface area contributed by atoms with E-state index in [1.54, 1.807) is 0 Å². The predicted molar refractivity (Wildman–Crippen MR) is 86.3 cm³/mol. The van der Waals surface area contributed by atoms with Gasteiger partial charge in [0.15, 0.2) is 0 Å². The Hall–Kier alpha value is -2.46. The van der Waals surface area contributed by atoms with Crippen LogP contribution in [0, 0.1) is 0 Å². The number of hydrogen-bond donors (Lipinski definition) is 2. The summed E-state index contributed by atoms with van der Waals surface area (Å²) >= 11 is 0. The Morgan fingerprint density at radius 3 is 1.95 bits per heavy atom. The maximum atomic E-state index is 12.1. The van der Waals surface area contributed by atoms with Crippen LogP contribution in [0.2, 0.25) is 0 Å². The molecule has 1 amide bonds. The molecule has 0 saturated heterocycles. The van der Waals surface area contributed by atoms with E-state index in [0.717, 1.165) is 17.4 Å². The summed E-state index contributed by atoms with van der Waals surface area (Å²) in [7, 11) is 0. The van der Waals surface area contributed by atoms with Gasteiger partial charge in [-0.2, -0.15) is 0 Å². The highest BCUT2D eigenvalue weighted by atomic mass is 16.2. The number of hydrogen-bond acceptors (Lipinski definition) is 3. The molecule has 22 heavy (non-hydrogen) atoms. The summed E-state index contributed by atoms with van der Waals surface area (Å²) in [4.78, 5) is 23.3. The molecule has 0 bridgehead atoms. The molecule has 4 heteroatoms. The van der Waals surface area contributed by atoms with Crippen molar-refractivity contribution in [3.63, 3.8) is 0 Å². The molecule has 2 atom stereocenters. The fourth-order valence-electron chi connectivity index (χ4n) is 2.25. The van der Waals surface area contributed by atoms with Crippen molar-refractivity contribution in [1.82, 2.24) is 5.32 Å². The van der Waals surface area contributed by atoms with Crippen LogP contribution < -0.4 is 11.1 Å². The quantitative estimate of drug-likeness (QED) is 0.760. The van der Waals surface area contributed by atoms with Gasteiger partial charge >= 0.3 is 0 Å². The lowest BCUT2D eigenvalue weighted by Gasteiger charge is -2.17. The van der Waals surface area contributed by atoms with E-state index in [2.05, 4.69) is 5.32 Å². The number of benzene rings is 2. The van der Waals surface area contributed by atoms with E-state index in [1.807, 2.05) is 60.7 Å². The van der Waals surface area contributed by atoms with Crippen LogP contribution in [0.5, 0.6) is 0 Å². The average Bonchev–Trinajstić information content (AvgIpc) is 2.56. The number of nitrogens with two attached hydrogens (primary N) is 1. The Labute approximate surface area is 130 Å². The number of carbonyl (C=O) groups excluding carboxylic acids is 2. The lowest BCUT2D eigenvalue weighted by Crippen LogP contribution is -2.47. The van der Waals surface area contributed by atoms with Crippen LogP contribution in [0.3, 0.4) is 0 Å². The van der Waals surface area contributed by atoms with Gasteiger partial charge in [0, 0.05) is 0 Å². The highest BCUT2D eigenvalue weighted by Crippen LogP contribution is 2.04. The molecule has 2 rings (SSSR count). The summed E-state index contributed by atoms with van der Waals surface area (Å²) in [5, 5.41) is 2.70. The van der Waals surface area contributed by atoms with Gasteiger partial charge in [-0.15, -0.1) is 0 Å². The van der Waals surface area contributed by atoms with Crippen molar-refractivity contribution in [3.05, 3.63) is 71.8 Å². The third-order valence-electron chi connectivity index (χ3n) is 3.43. The Kier molecular flexibility index (Phi) is 5.86. The molecule has 1 unspecified atom stereocenters. The van der Waals surface area contributed by atoms with E-state index >= 15 is 0 Å². The molecule has 0 aromatic heterocycles. The van der Waals surface area contributed by atoms with E-state index in [1.165, 1.54) is 0 Å². The van der Waals surface area contributed by atoms with Crippen LogP contribution in [-0.4, -0.2) is 24.3 Å². The lowest BCUT2D eigenvalue weighted by molar-refractivity contribution is -0.125. The topological polar surface area (TPSA) is 72.2 Å². The second-order valence-corrected chi connectivity index (χ2v) is 5.24. The molecule has 2 aromatic carbocycles. The highest BCUT2D eigenvalue weighted by molar-refractivity contribution is 5.84. The van der Waals surface area contributed by atoms with Crippen molar-refractivity contribution < 1.29 is 9.59 Å². The SMILES string of the molecule is NC(Cc1ccccc1)C(=O)N[C@@H](C=O)Cc1ccccc1. The number of rotatable bonds is 7. The van der Waals surface area contributed by atoms with Crippen molar-refractivity contribution in [2.45, 2.75) is 24.9 Å². The van der Waals surface area contributed by atoms with E-state index in [9.17, 15) is 9.59 Å². The smallest absolute Gasteiger partial charge is 0.237 e. The minimum absolute atomic E-state index is 0.308. The zero-order valence-electron chi connectivity index (χ0n) is 12.3. The first-order valence-corrected chi connectivity index (χ1v) is 7.28. The molecule has 0 aliphatic heterocycles. The minimum atomic E-state index is -0.666. The van der Waals surface area contributed by atoms with Gasteiger partial charge < -0.3 is 15.8 Å². The second kappa shape index (κ2) is 8.10. The van der Waals surface area contributed by atoms with E-state index in [0.29, 0.717) is 12.8 Å². The first kappa shape index (κ1) is 15.9. The summed E-state index contributed by atoms with van der Waals surface area (Å²) in [5.74, 6) is -0.308. The summed E-state index contributed by atoms with van der Waals surface area (Å²) in [6, 6.07) is 17.9. The van der Waals surface area contributed by atoms with Gasteiger partial charge in [-0.1, -0.05) is 60.7 Å². The molecule has 0 aliphatic rings. The molecule has 114 valence electrons. The van der Waals surface area contributed by atoms with Gasteiger partial charge in [0.25, 0.3) is 0 Å². The first-order valence-electron chi connectivity index (χ1n) is 7.28. The largest absolute Gasteiger partial charge is 0.345 e. The van der Waals surface area contributed by atoms with Crippen molar-refractivity contribution >= 4 is 12.2 Å². The number of aldehydes is 1. The van der Waals surface area contributed by atoms with E-state index < -0.39 is 12.1 Å². The zero-order valence-corrected chi connectivity index (χ0v) is 12.3. The fraction of sp³-hybridized carbons (Fsp3) is 0.222. The van der Waals surface area contributed by atoms with Gasteiger partial charge in [0.05, 0.1) is 12.1 Å². The van der Waals surface area contributed by atoms with Crippen molar-refractivity contribution in [2.24, 2.45) is 5.73 Å². The van der Waals surface area contributed by atoms with Gasteiger partial charge in [0.2, 0.25) is 5.91 Å². The monoisotopic (exact) mass is 296 g/mol. The molecule has 4 nitrogen and oxygen atoms in total. The maximum Gasteiger partial charge on any atom is 0.237 e. The maximum absolute atomic E-state index is 12.1. The Bertz CT molecular complexity index is 599. The third kappa shape index (κ3) is 4.82. The van der Waals surface area contributed by atoms with Crippen molar-refractivity contribution in [1.29, 1.82) is 0 Å². The van der Waals surface area contributed by atoms with Gasteiger partial charge in [-0.05, 0) is 24.0 Å². The molecular formula is C18H20N2O2. The zero-order chi connectivity index (χ0) is 15.8. The predicted octanol–water partition coefficient (Wildman–Crippen LogP) is 1.48. The molecule has 0 spiro atoms. The number of carbonyl (C=O) groups is 2. The van der Waals surface area contributed by atoms with Crippen molar-refractivity contribution in [3.8, 4) is 0 Å². The van der Waals surface area contributed by atoms with Crippen molar-refractivity contribution in [2.75, 3.05) is 0 Å². The van der Waals surface area contributed by atoms with E-state index in [-0.39, 0.29) is 5.91 Å². The van der Waals surface area contributed by atoms with Crippen LogP contribution in [0.15, 0.2) is 60.7 Å². The summed E-state index contributed by atoms with van der Waals surface area (Å²) < 4.78 is 0. The molecule has 0 saturated carbocycles.